The molecule has 83 heavy (non-hydrogen) atoms. The zero-order valence-corrected chi connectivity index (χ0v) is 56.3. The van der Waals surface area contributed by atoms with E-state index in [1.54, 1.807) is 6.92 Å². The largest absolute Gasteiger partial charge is 0.870 e. The minimum Gasteiger partial charge on any atom is -0.870 e. The number of carbonyl (C=O) groups excluding carboxylic acids is 2. The average molecular weight is 1230 g/mol. The second kappa shape index (κ2) is 66.7. The lowest BCUT2D eigenvalue weighted by Crippen LogP contribution is -2.52. The van der Waals surface area contributed by atoms with Crippen LogP contribution in [-0.2, 0) is 65.2 Å². The monoisotopic (exact) mass is 1230 g/mol. The lowest BCUT2D eigenvalue weighted by molar-refractivity contribution is -0.870. The van der Waals surface area contributed by atoms with E-state index >= 15 is 0 Å². The van der Waals surface area contributed by atoms with Crippen molar-refractivity contribution in [2.45, 2.75) is 284 Å². The highest BCUT2D eigenvalue weighted by molar-refractivity contribution is 7.45. The van der Waals surface area contributed by atoms with Crippen LogP contribution in [0.2, 0.25) is 0 Å². The fraction of sp³-hybridized carbons (Fsp3) is 0.968. The van der Waals surface area contributed by atoms with Crippen molar-refractivity contribution in [1.29, 1.82) is 0 Å². The molecule has 0 aliphatic heterocycles. The highest BCUT2D eigenvalue weighted by Gasteiger charge is 2.25. The number of unbranched alkanes of at least 4 members (excludes halogenated alkanes) is 32. The lowest BCUT2D eigenvalue weighted by Gasteiger charge is -2.25. The summed E-state index contributed by atoms with van der Waals surface area (Å²) in [4.78, 5) is 34.7. The van der Waals surface area contributed by atoms with Crippen LogP contribution in [-0.4, -0.2) is 148 Å². The Morgan fingerprint density at radius 3 is 1.13 bits per heavy atom. The molecule has 0 aliphatic rings. The van der Waals surface area contributed by atoms with E-state index in [1.807, 2.05) is 6.92 Å². The van der Waals surface area contributed by atoms with Crippen molar-refractivity contribution in [2.75, 3.05) is 114 Å². The van der Waals surface area contributed by atoms with Crippen LogP contribution in [0, 0.1) is 0 Å². The molecule has 0 radical (unpaired) electrons. The number of nitrogens with zero attached hydrogens (tertiary/aromatic N) is 1. The van der Waals surface area contributed by atoms with E-state index in [0.717, 1.165) is 81.7 Å². The summed E-state index contributed by atoms with van der Waals surface area (Å²) in [6.45, 7) is 13.6. The van der Waals surface area contributed by atoms with E-state index in [0.29, 0.717) is 72.2 Å². The van der Waals surface area contributed by atoms with Crippen LogP contribution in [0.4, 0.5) is 0 Å². The van der Waals surface area contributed by atoms with E-state index < -0.39 is 22.2 Å². The molecule has 4 unspecified atom stereocenters. The van der Waals surface area contributed by atoms with Gasteiger partial charge < -0.3 is 58.1 Å². The van der Waals surface area contributed by atoms with E-state index in [1.165, 1.54) is 161 Å². The van der Waals surface area contributed by atoms with Gasteiger partial charge in [0, 0.05) is 43.8 Å². The minimum atomic E-state index is -4.38. The summed E-state index contributed by atoms with van der Waals surface area (Å²) in [5, 5.41) is 0. The Morgan fingerprint density at radius 2 is 0.783 bits per heavy atom. The summed E-state index contributed by atoms with van der Waals surface area (Å²) < 4.78 is 78.9. The SMILES string of the molecule is CCCCCCCCCCCCCCCCOCC(COP(=O)([O-])OCC[NH3+])OCCCCCCC(=O)OCC.CCCCCCCCCCCCCCCCOCC(CO[P+](=O)OCC[N+](C)(C)C)OCCCCCCC(=O)OCC.[OH-]. The minimum absolute atomic E-state index is 0. The highest BCUT2D eigenvalue weighted by Crippen LogP contribution is 2.38. The van der Waals surface area contributed by atoms with Gasteiger partial charge in [-0.1, -0.05) is 206 Å². The van der Waals surface area contributed by atoms with Gasteiger partial charge in [0.25, 0.3) is 7.82 Å². The van der Waals surface area contributed by atoms with Crippen molar-refractivity contribution in [2.24, 2.45) is 0 Å². The molecule has 0 rings (SSSR count). The number of rotatable bonds is 65. The van der Waals surface area contributed by atoms with Gasteiger partial charge in [-0.25, -0.2) is 0 Å². The second-order valence-corrected chi connectivity index (χ2v) is 25.4. The number of esters is 2. The number of ether oxygens (including phenoxy) is 6. The Kier molecular flexibility index (Phi) is 69.1. The molecule has 0 aromatic rings. The lowest BCUT2D eigenvalue weighted by atomic mass is 10.0. The van der Waals surface area contributed by atoms with Crippen molar-refractivity contribution in [3.05, 3.63) is 0 Å². The maximum Gasteiger partial charge on any atom is 0.697 e. The van der Waals surface area contributed by atoms with Crippen LogP contribution in [0.15, 0.2) is 0 Å². The number of likely N-dealkylation sites (N-methyl/N-ethyl adjacent to an activating group) is 1. The molecule has 0 heterocycles. The first-order chi connectivity index (χ1) is 39.7. The molecule has 18 nitrogen and oxygen atoms in total. The summed E-state index contributed by atoms with van der Waals surface area (Å²) >= 11 is 0. The maximum absolute atomic E-state index is 12.2. The molecule has 0 saturated heterocycles. The van der Waals surface area contributed by atoms with Crippen LogP contribution < -0.4 is 10.6 Å². The van der Waals surface area contributed by atoms with Gasteiger partial charge in [0.15, 0.2) is 6.61 Å². The molecule has 0 fully saturated rings. The number of quaternary nitrogens is 2. The van der Waals surface area contributed by atoms with Gasteiger partial charge in [-0.3, -0.25) is 14.2 Å². The van der Waals surface area contributed by atoms with Crippen LogP contribution >= 0.6 is 16.1 Å². The van der Waals surface area contributed by atoms with Crippen LogP contribution in [0.1, 0.15) is 272 Å². The van der Waals surface area contributed by atoms with Crippen molar-refractivity contribution in [3.8, 4) is 0 Å². The topological polar surface area (TPSA) is 241 Å². The first-order valence-electron chi connectivity index (χ1n) is 33.4. The van der Waals surface area contributed by atoms with Crippen LogP contribution in [0.3, 0.4) is 0 Å². The van der Waals surface area contributed by atoms with Crippen LogP contribution in [0.5, 0.6) is 0 Å². The molecule has 4 N–H and O–H groups in total. The van der Waals surface area contributed by atoms with Crippen molar-refractivity contribution in [3.63, 3.8) is 0 Å². The Hall–Kier alpha value is -1.21. The Morgan fingerprint density at radius 1 is 0.446 bits per heavy atom. The highest BCUT2D eigenvalue weighted by atomic mass is 31.2. The zero-order chi connectivity index (χ0) is 60.7. The molecular formula is C63H131N2O16P2+. The van der Waals surface area contributed by atoms with Gasteiger partial charge >= 0.3 is 20.2 Å². The number of carbonyl (C=O) groups is 2. The molecule has 0 bridgehead atoms. The normalized spacial score (nSPS) is 13.2. The van der Waals surface area contributed by atoms with Gasteiger partial charge in [-0.15, -0.1) is 9.05 Å². The van der Waals surface area contributed by atoms with Gasteiger partial charge in [0.2, 0.25) is 0 Å². The van der Waals surface area contributed by atoms with Gasteiger partial charge in [-0.2, -0.15) is 0 Å². The predicted octanol–water partition coefficient (Wildman–Crippen LogP) is 14.7. The van der Waals surface area contributed by atoms with Gasteiger partial charge in [0.05, 0.1) is 60.7 Å². The predicted molar refractivity (Wildman–Crippen MR) is 333 cm³/mol. The van der Waals surface area contributed by atoms with Crippen LogP contribution in [0.25, 0.3) is 0 Å². The first kappa shape index (κ1) is 86.0. The van der Waals surface area contributed by atoms with Crippen molar-refractivity contribution in [1.82, 2.24) is 0 Å². The molecule has 4 atom stereocenters. The molecule has 0 amide bonds. The Labute approximate surface area is 509 Å². The third kappa shape index (κ3) is 71.4. The molecule has 0 aromatic heterocycles. The molecule has 498 valence electrons. The van der Waals surface area contributed by atoms with E-state index in [2.05, 4.69) is 40.7 Å². The van der Waals surface area contributed by atoms with E-state index in [9.17, 15) is 23.6 Å². The summed E-state index contributed by atoms with van der Waals surface area (Å²) in [5.41, 5.74) is 3.57. The number of phosphoric acid groups is 1. The first-order valence-corrected chi connectivity index (χ1v) is 35.9. The van der Waals surface area contributed by atoms with Gasteiger partial charge in [0.1, 0.15) is 32.0 Å². The fourth-order valence-corrected chi connectivity index (χ4v) is 10.3. The Bertz CT molecular complexity index is 1420. The number of hydrogen-bond acceptors (Lipinski definition) is 16. The third-order valence-corrected chi connectivity index (χ3v) is 15.6. The fourth-order valence-electron chi connectivity index (χ4n) is 8.89. The third-order valence-electron chi connectivity index (χ3n) is 13.9. The summed E-state index contributed by atoms with van der Waals surface area (Å²) in [6.07, 6.45) is 44.3. The molecular weight excluding hydrogens is 1100 g/mol. The molecule has 20 heteroatoms. The quantitative estimate of drug-likeness (QED) is 0.0258. The summed E-state index contributed by atoms with van der Waals surface area (Å²) in [7, 11) is -0.370. The van der Waals surface area contributed by atoms with Crippen molar-refractivity contribution >= 4 is 28.0 Å². The molecule has 0 saturated carbocycles. The molecule has 0 aliphatic carbocycles. The average Bonchev–Trinajstić information content (AvgIpc) is 3.45. The molecule has 0 spiro atoms. The summed E-state index contributed by atoms with van der Waals surface area (Å²) in [5.74, 6) is -0.283. The van der Waals surface area contributed by atoms with Gasteiger partial charge in [-0.05, 0) is 52.4 Å². The van der Waals surface area contributed by atoms with Crippen molar-refractivity contribution < 1.29 is 85.8 Å². The second-order valence-electron chi connectivity index (χ2n) is 23.1. The smallest absolute Gasteiger partial charge is 0.697 e. The van der Waals surface area contributed by atoms with E-state index in [-0.39, 0.29) is 49.9 Å². The number of hydrogen-bond donors (Lipinski definition) is 1. The number of phosphoric ester groups is 1. The maximum atomic E-state index is 12.2. The Balaban J connectivity index is -0.00000153. The zero-order valence-electron chi connectivity index (χ0n) is 54.5. The standard InChI is InChI=1S/C33H68NO7P.C30H62NO8P.H2O/c1-6-8-9-10-11-12-13-14-15-16-17-18-20-23-27-37-30-32(31-41-42(36)40-29-26-34(3,4)5)39-28-24-21-19-22-25-33(35)38-7-2;1-3-5-6-7-8-9-10-11-12-13-14-15-17-20-24-35-27-29(28-39-40(33,34)38-26-23-31)37-25-21-18-16-19-22-30(32)36-4-2;/h32H,6-31H2,1-5H3;29H,3-28,31H2,1-2H3,(H,33,34);1H2/q+2;;/p-1. The molecule has 0 aromatic carbocycles. The van der Waals surface area contributed by atoms with E-state index in [4.69, 9.17) is 46.5 Å². The summed E-state index contributed by atoms with van der Waals surface area (Å²) in [6, 6.07) is 0.